The third kappa shape index (κ3) is 3.78. The van der Waals surface area contributed by atoms with Crippen molar-refractivity contribution in [2.75, 3.05) is 26.0 Å². The Hall–Kier alpha value is -1.60. The van der Waals surface area contributed by atoms with Gasteiger partial charge in [-0.1, -0.05) is 6.92 Å². The summed E-state index contributed by atoms with van der Waals surface area (Å²) in [5.74, 6) is -0.347. The number of ether oxygens (including phenoxy) is 1. The van der Waals surface area contributed by atoms with Crippen molar-refractivity contribution in [3.63, 3.8) is 0 Å². The van der Waals surface area contributed by atoms with E-state index in [-0.39, 0.29) is 22.6 Å². The first-order valence-electron chi connectivity index (χ1n) is 7.24. The highest BCUT2D eigenvalue weighted by Gasteiger charge is 2.30. The molecule has 1 aromatic carbocycles. The summed E-state index contributed by atoms with van der Waals surface area (Å²) in [6.07, 6.45) is 0.768. The molecule has 0 bridgehead atoms. The fraction of sp³-hybridized carbons (Fsp3) is 0.533. The third-order valence-corrected chi connectivity index (χ3v) is 5.78. The van der Waals surface area contributed by atoms with Gasteiger partial charge in [0.15, 0.2) is 9.84 Å². The number of methoxy groups -OCH3 is 1. The van der Waals surface area contributed by atoms with Gasteiger partial charge in [-0.2, -0.15) is 0 Å². The molecule has 2 rings (SSSR count). The topological polar surface area (TPSA) is 89.7 Å². The lowest BCUT2D eigenvalue weighted by molar-refractivity contribution is -0.133. The number of carbonyl (C=O) groups excluding carboxylic acids is 1. The van der Waals surface area contributed by atoms with Crippen LogP contribution in [0.25, 0.3) is 0 Å². The number of nitrogens with zero attached hydrogens (tertiary/aromatic N) is 1. The minimum absolute atomic E-state index is 0.00524. The van der Waals surface area contributed by atoms with Gasteiger partial charge < -0.3 is 15.4 Å². The molecule has 0 saturated carbocycles. The second-order valence-corrected chi connectivity index (χ2v) is 7.73. The summed E-state index contributed by atoms with van der Waals surface area (Å²) < 4.78 is 29.8. The predicted octanol–water partition coefficient (Wildman–Crippen LogP) is 0.665. The smallest absolute Gasteiger partial charge is 0.226 e. The van der Waals surface area contributed by atoms with Crippen LogP contribution < -0.4 is 10.5 Å². The summed E-state index contributed by atoms with van der Waals surface area (Å²) in [4.78, 5) is 14.1. The van der Waals surface area contributed by atoms with Gasteiger partial charge in [0.25, 0.3) is 0 Å². The second-order valence-electron chi connectivity index (χ2n) is 5.69. The molecular formula is C15H22N2O4S. The zero-order valence-electron chi connectivity index (χ0n) is 12.9. The van der Waals surface area contributed by atoms with Crippen LogP contribution in [0.3, 0.4) is 0 Å². The number of benzene rings is 1. The maximum atomic E-state index is 12.4. The normalized spacial score (nSPS) is 20.0. The monoisotopic (exact) mass is 326 g/mol. The predicted molar refractivity (Wildman–Crippen MR) is 83.4 cm³/mol. The fourth-order valence-electron chi connectivity index (χ4n) is 2.58. The van der Waals surface area contributed by atoms with Crippen molar-refractivity contribution in [2.24, 2.45) is 11.7 Å². The van der Waals surface area contributed by atoms with Gasteiger partial charge >= 0.3 is 0 Å². The minimum atomic E-state index is -3.51. The van der Waals surface area contributed by atoms with Crippen molar-refractivity contribution in [3.05, 3.63) is 24.3 Å². The van der Waals surface area contributed by atoms with E-state index in [1.54, 1.807) is 24.0 Å². The standard InChI is InChI=1S/C15H22N2O4S/c1-11(15(18)17-8-7-12(16)9-17)10-22(19,20)14-5-3-13(21-2)4-6-14/h3-6,11-12H,7-10,16H2,1-2H3/t11-,12+/m0/s1. The molecule has 6 nitrogen and oxygen atoms in total. The van der Waals surface area contributed by atoms with E-state index in [1.165, 1.54) is 19.2 Å². The van der Waals surface area contributed by atoms with E-state index in [0.717, 1.165) is 6.42 Å². The van der Waals surface area contributed by atoms with Crippen LogP contribution >= 0.6 is 0 Å². The van der Waals surface area contributed by atoms with Gasteiger partial charge in [0, 0.05) is 25.0 Å². The Morgan fingerprint density at radius 3 is 2.55 bits per heavy atom. The van der Waals surface area contributed by atoms with Gasteiger partial charge in [0.1, 0.15) is 5.75 Å². The quantitative estimate of drug-likeness (QED) is 0.859. The number of amides is 1. The largest absolute Gasteiger partial charge is 0.497 e. The average molecular weight is 326 g/mol. The molecule has 0 aliphatic carbocycles. The maximum Gasteiger partial charge on any atom is 0.226 e. The molecule has 0 aromatic heterocycles. The zero-order valence-corrected chi connectivity index (χ0v) is 13.7. The van der Waals surface area contributed by atoms with Gasteiger partial charge in [-0.05, 0) is 30.7 Å². The van der Waals surface area contributed by atoms with E-state index in [1.807, 2.05) is 0 Å². The summed E-state index contributed by atoms with van der Waals surface area (Å²) in [6.45, 7) is 2.76. The number of nitrogens with two attached hydrogens (primary N) is 1. The van der Waals surface area contributed by atoms with E-state index in [4.69, 9.17) is 10.5 Å². The first kappa shape index (κ1) is 16.8. The summed E-state index contributed by atoms with van der Waals surface area (Å²) in [5, 5.41) is 0. The SMILES string of the molecule is COc1ccc(S(=O)(=O)C[C@H](C)C(=O)N2CC[C@@H](N)C2)cc1. The summed E-state index contributed by atoms with van der Waals surface area (Å²) >= 11 is 0. The molecule has 122 valence electrons. The van der Waals surface area contributed by atoms with Crippen molar-refractivity contribution in [1.82, 2.24) is 4.90 Å². The molecule has 0 spiro atoms. The van der Waals surface area contributed by atoms with Crippen LogP contribution in [0.1, 0.15) is 13.3 Å². The second kappa shape index (κ2) is 6.66. The highest BCUT2D eigenvalue weighted by atomic mass is 32.2. The summed E-state index contributed by atoms with van der Waals surface area (Å²) in [5.41, 5.74) is 5.78. The van der Waals surface area contributed by atoms with Crippen molar-refractivity contribution in [2.45, 2.75) is 24.3 Å². The van der Waals surface area contributed by atoms with E-state index >= 15 is 0 Å². The Labute approximate surface area is 131 Å². The molecule has 0 radical (unpaired) electrons. The van der Waals surface area contributed by atoms with Crippen LogP contribution in [0.2, 0.25) is 0 Å². The van der Waals surface area contributed by atoms with Crippen LogP contribution in [0.15, 0.2) is 29.2 Å². The number of hydrogen-bond donors (Lipinski definition) is 1. The molecule has 22 heavy (non-hydrogen) atoms. The van der Waals surface area contributed by atoms with Crippen LogP contribution in [-0.4, -0.2) is 51.2 Å². The molecule has 1 amide bonds. The zero-order chi connectivity index (χ0) is 16.3. The number of hydrogen-bond acceptors (Lipinski definition) is 5. The van der Waals surface area contributed by atoms with Crippen LogP contribution in [0, 0.1) is 5.92 Å². The molecule has 2 N–H and O–H groups in total. The van der Waals surface area contributed by atoms with Crippen LogP contribution in [-0.2, 0) is 14.6 Å². The van der Waals surface area contributed by atoms with Gasteiger partial charge in [-0.25, -0.2) is 8.42 Å². The Balaban J connectivity index is 2.05. The van der Waals surface area contributed by atoms with E-state index in [0.29, 0.717) is 18.8 Å². The van der Waals surface area contributed by atoms with Crippen LogP contribution in [0.5, 0.6) is 5.75 Å². The average Bonchev–Trinajstić information content (AvgIpc) is 2.92. The molecule has 1 heterocycles. The molecular weight excluding hydrogens is 304 g/mol. The van der Waals surface area contributed by atoms with Gasteiger partial charge in [-0.15, -0.1) is 0 Å². The highest BCUT2D eigenvalue weighted by Crippen LogP contribution is 2.20. The molecule has 1 aliphatic heterocycles. The molecule has 7 heteroatoms. The van der Waals surface area contributed by atoms with Crippen LogP contribution in [0.4, 0.5) is 0 Å². The Bertz CT molecular complexity index is 627. The fourth-order valence-corrected chi connectivity index (χ4v) is 4.12. The highest BCUT2D eigenvalue weighted by molar-refractivity contribution is 7.91. The molecule has 1 aliphatic rings. The van der Waals surface area contributed by atoms with Crippen molar-refractivity contribution in [1.29, 1.82) is 0 Å². The molecule has 2 atom stereocenters. The minimum Gasteiger partial charge on any atom is -0.497 e. The first-order valence-corrected chi connectivity index (χ1v) is 8.90. The van der Waals surface area contributed by atoms with Crippen molar-refractivity contribution < 1.29 is 17.9 Å². The summed E-state index contributed by atoms with van der Waals surface area (Å²) in [6, 6.07) is 6.18. The lowest BCUT2D eigenvalue weighted by atomic mass is 10.2. The molecule has 1 saturated heterocycles. The van der Waals surface area contributed by atoms with Crippen molar-refractivity contribution >= 4 is 15.7 Å². The lowest BCUT2D eigenvalue weighted by Crippen LogP contribution is -2.37. The van der Waals surface area contributed by atoms with Gasteiger partial charge in [0.05, 0.1) is 17.8 Å². The molecule has 1 fully saturated rings. The Morgan fingerprint density at radius 2 is 2.05 bits per heavy atom. The third-order valence-electron chi connectivity index (χ3n) is 3.85. The summed E-state index contributed by atoms with van der Waals surface area (Å²) in [7, 11) is -1.99. The Kier molecular flexibility index (Phi) is 5.08. The molecule has 0 unspecified atom stereocenters. The molecule has 1 aromatic rings. The number of likely N-dealkylation sites (tertiary alicyclic amines) is 1. The van der Waals surface area contributed by atoms with E-state index in [2.05, 4.69) is 0 Å². The van der Waals surface area contributed by atoms with E-state index < -0.39 is 15.8 Å². The van der Waals surface area contributed by atoms with Gasteiger partial charge in [-0.3, -0.25) is 4.79 Å². The van der Waals surface area contributed by atoms with E-state index in [9.17, 15) is 13.2 Å². The number of sulfone groups is 1. The van der Waals surface area contributed by atoms with Gasteiger partial charge in [0.2, 0.25) is 5.91 Å². The first-order chi connectivity index (χ1) is 10.3. The lowest BCUT2D eigenvalue weighted by Gasteiger charge is -2.20. The number of rotatable bonds is 5. The maximum absolute atomic E-state index is 12.4. The Morgan fingerprint density at radius 1 is 1.41 bits per heavy atom. The van der Waals surface area contributed by atoms with Crippen molar-refractivity contribution in [3.8, 4) is 5.75 Å². The number of carbonyl (C=O) groups is 1.